The van der Waals surface area contributed by atoms with E-state index in [2.05, 4.69) is 65.3 Å². The monoisotopic (exact) mass is 336 g/mol. The minimum atomic E-state index is 0.221. The van der Waals surface area contributed by atoms with Crippen LogP contribution in [0.3, 0.4) is 0 Å². The van der Waals surface area contributed by atoms with Gasteiger partial charge >= 0.3 is 0 Å². The zero-order chi connectivity index (χ0) is 17.2. The molecular weight excluding hydrogens is 312 g/mol. The van der Waals surface area contributed by atoms with Crippen LogP contribution in [-0.2, 0) is 11.3 Å². The van der Waals surface area contributed by atoms with E-state index in [4.69, 9.17) is 9.73 Å². The summed E-state index contributed by atoms with van der Waals surface area (Å²) in [4.78, 5) is 13.9. The van der Waals surface area contributed by atoms with Crippen LogP contribution >= 0.6 is 0 Å². The summed E-state index contributed by atoms with van der Waals surface area (Å²) in [6.45, 7) is 4.19. The minimum absolute atomic E-state index is 0.221. The molecule has 0 amide bonds. The summed E-state index contributed by atoms with van der Waals surface area (Å²) >= 11 is 0. The van der Waals surface area contributed by atoms with Crippen molar-refractivity contribution in [3.8, 4) is 0 Å². The number of pyridine rings is 1. The van der Waals surface area contributed by atoms with E-state index in [9.17, 15) is 0 Å². The molecule has 1 aromatic heterocycles. The van der Waals surface area contributed by atoms with Crippen molar-refractivity contribution in [2.24, 2.45) is 4.99 Å². The molecule has 0 saturated carbocycles. The van der Waals surface area contributed by atoms with Gasteiger partial charge in [0.2, 0.25) is 0 Å². The Balaban J connectivity index is 1.56. The van der Waals surface area contributed by atoms with Gasteiger partial charge in [-0.3, -0.25) is 4.99 Å². The predicted octanol–water partition coefficient (Wildman–Crippen LogP) is 2.20. The molecule has 0 spiro atoms. The van der Waals surface area contributed by atoms with Crippen molar-refractivity contribution in [3.05, 3.63) is 59.3 Å². The number of anilines is 1. The van der Waals surface area contributed by atoms with E-state index in [1.165, 1.54) is 11.1 Å². The van der Waals surface area contributed by atoms with Crippen molar-refractivity contribution in [1.82, 2.24) is 9.88 Å². The third kappa shape index (κ3) is 3.43. The van der Waals surface area contributed by atoms with Gasteiger partial charge in [0, 0.05) is 37.0 Å². The number of rotatable bonds is 4. The summed E-state index contributed by atoms with van der Waals surface area (Å²) in [6.07, 6.45) is 2.11. The standard InChI is InChI=1S/C20H24N4O/c1-23(2)13-17-14-24(9-10-25-17)19-11-15(7-8-21-19)20-18-6-4-3-5-16(18)12-22-20/h3-8,11,17H,9-10,12-14H2,1-2H3. The molecule has 1 unspecified atom stereocenters. The Morgan fingerprint density at radius 1 is 1.24 bits per heavy atom. The van der Waals surface area contributed by atoms with Gasteiger partial charge in [0.05, 0.1) is 25.0 Å². The van der Waals surface area contributed by atoms with Crippen LogP contribution < -0.4 is 4.90 Å². The van der Waals surface area contributed by atoms with E-state index in [1.807, 2.05) is 6.20 Å². The maximum absolute atomic E-state index is 5.88. The van der Waals surface area contributed by atoms with Gasteiger partial charge in [0.15, 0.2) is 0 Å². The number of aliphatic imine (C=N–C) groups is 1. The molecule has 2 aliphatic rings. The highest BCUT2D eigenvalue weighted by Crippen LogP contribution is 2.25. The third-order valence-electron chi connectivity index (χ3n) is 4.73. The first-order valence-electron chi connectivity index (χ1n) is 8.81. The van der Waals surface area contributed by atoms with Crippen molar-refractivity contribution >= 4 is 11.5 Å². The lowest BCUT2D eigenvalue weighted by molar-refractivity contribution is 0.0245. The number of aromatic nitrogens is 1. The molecule has 1 atom stereocenters. The normalized spacial score (nSPS) is 19.9. The summed E-state index contributed by atoms with van der Waals surface area (Å²) in [5, 5.41) is 0. The topological polar surface area (TPSA) is 41.0 Å². The van der Waals surface area contributed by atoms with Gasteiger partial charge in [-0.1, -0.05) is 24.3 Å². The Morgan fingerprint density at radius 2 is 2.12 bits per heavy atom. The average molecular weight is 336 g/mol. The van der Waals surface area contributed by atoms with E-state index in [0.717, 1.165) is 49.9 Å². The molecule has 0 bridgehead atoms. The molecule has 2 aromatic rings. The van der Waals surface area contributed by atoms with Gasteiger partial charge in [-0.25, -0.2) is 4.98 Å². The predicted molar refractivity (Wildman–Crippen MR) is 101 cm³/mol. The summed E-state index contributed by atoms with van der Waals surface area (Å²) in [5.74, 6) is 1.01. The van der Waals surface area contributed by atoms with Crippen LogP contribution in [0.4, 0.5) is 5.82 Å². The number of ether oxygens (including phenoxy) is 1. The number of likely N-dealkylation sites (N-methyl/N-ethyl adjacent to an activating group) is 1. The number of benzene rings is 1. The van der Waals surface area contributed by atoms with Gasteiger partial charge in [-0.15, -0.1) is 0 Å². The molecule has 3 heterocycles. The van der Waals surface area contributed by atoms with E-state index in [0.29, 0.717) is 0 Å². The van der Waals surface area contributed by atoms with Crippen LogP contribution in [0.1, 0.15) is 16.7 Å². The van der Waals surface area contributed by atoms with Crippen molar-refractivity contribution < 1.29 is 4.74 Å². The summed E-state index contributed by atoms with van der Waals surface area (Å²) in [7, 11) is 4.16. The van der Waals surface area contributed by atoms with Gasteiger partial charge in [-0.05, 0) is 31.8 Å². The van der Waals surface area contributed by atoms with Gasteiger partial charge < -0.3 is 14.5 Å². The first-order chi connectivity index (χ1) is 12.2. The molecule has 25 heavy (non-hydrogen) atoms. The summed E-state index contributed by atoms with van der Waals surface area (Å²) < 4.78 is 5.88. The van der Waals surface area contributed by atoms with E-state index in [1.54, 1.807) is 0 Å². The largest absolute Gasteiger partial charge is 0.373 e. The SMILES string of the molecule is CN(C)CC1CN(c2cc(C3=NCc4ccccc43)ccn2)CCO1. The second kappa shape index (κ2) is 6.94. The maximum Gasteiger partial charge on any atom is 0.129 e. The van der Waals surface area contributed by atoms with Crippen molar-refractivity contribution in [2.75, 3.05) is 45.2 Å². The average Bonchev–Trinajstić information content (AvgIpc) is 3.06. The number of hydrogen-bond acceptors (Lipinski definition) is 5. The minimum Gasteiger partial charge on any atom is -0.373 e. The smallest absolute Gasteiger partial charge is 0.129 e. The van der Waals surface area contributed by atoms with Crippen LogP contribution in [0.25, 0.3) is 0 Å². The molecule has 2 aliphatic heterocycles. The number of hydrogen-bond donors (Lipinski definition) is 0. The highest BCUT2D eigenvalue weighted by atomic mass is 16.5. The molecule has 1 fully saturated rings. The second-order valence-electron chi connectivity index (χ2n) is 6.93. The molecule has 0 radical (unpaired) electrons. The molecule has 0 N–H and O–H groups in total. The van der Waals surface area contributed by atoms with E-state index < -0.39 is 0 Å². The van der Waals surface area contributed by atoms with Gasteiger partial charge in [0.1, 0.15) is 5.82 Å². The molecular formula is C20H24N4O. The van der Waals surface area contributed by atoms with Crippen LogP contribution in [0, 0.1) is 0 Å². The number of morpholine rings is 1. The summed E-state index contributed by atoms with van der Waals surface area (Å²) in [5.41, 5.74) is 4.77. The lowest BCUT2D eigenvalue weighted by Gasteiger charge is -2.35. The van der Waals surface area contributed by atoms with Crippen LogP contribution in [0.2, 0.25) is 0 Å². The van der Waals surface area contributed by atoms with Crippen molar-refractivity contribution in [3.63, 3.8) is 0 Å². The Kier molecular flexibility index (Phi) is 4.51. The molecule has 4 rings (SSSR count). The molecule has 130 valence electrons. The molecule has 5 nitrogen and oxygen atoms in total. The first-order valence-corrected chi connectivity index (χ1v) is 8.81. The fraction of sp³-hybridized carbons (Fsp3) is 0.400. The molecule has 5 heteroatoms. The Morgan fingerprint density at radius 3 is 3.00 bits per heavy atom. The van der Waals surface area contributed by atoms with Gasteiger partial charge in [-0.2, -0.15) is 0 Å². The van der Waals surface area contributed by atoms with Crippen molar-refractivity contribution in [2.45, 2.75) is 12.6 Å². The maximum atomic E-state index is 5.88. The summed E-state index contributed by atoms with van der Waals surface area (Å²) in [6, 6.07) is 12.7. The van der Waals surface area contributed by atoms with E-state index >= 15 is 0 Å². The Bertz CT molecular complexity index is 787. The Hall–Kier alpha value is -2.24. The third-order valence-corrected chi connectivity index (χ3v) is 4.73. The van der Waals surface area contributed by atoms with Gasteiger partial charge in [0.25, 0.3) is 0 Å². The van der Waals surface area contributed by atoms with Crippen LogP contribution in [0.15, 0.2) is 47.6 Å². The quantitative estimate of drug-likeness (QED) is 0.858. The highest BCUT2D eigenvalue weighted by molar-refractivity contribution is 6.15. The molecule has 1 saturated heterocycles. The zero-order valence-electron chi connectivity index (χ0n) is 14.9. The zero-order valence-corrected chi connectivity index (χ0v) is 14.9. The second-order valence-corrected chi connectivity index (χ2v) is 6.93. The van der Waals surface area contributed by atoms with Crippen LogP contribution in [-0.4, -0.2) is 62.0 Å². The lowest BCUT2D eigenvalue weighted by atomic mass is 10.0. The highest BCUT2D eigenvalue weighted by Gasteiger charge is 2.23. The number of fused-ring (bicyclic) bond motifs is 1. The van der Waals surface area contributed by atoms with Crippen LogP contribution in [0.5, 0.6) is 0 Å². The van der Waals surface area contributed by atoms with Crippen molar-refractivity contribution in [1.29, 1.82) is 0 Å². The lowest BCUT2D eigenvalue weighted by Crippen LogP contribution is -2.46. The fourth-order valence-corrected chi connectivity index (χ4v) is 3.57. The molecule has 1 aromatic carbocycles. The molecule has 0 aliphatic carbocycles. The first kappa shape index (κ1) is 16.2. The van der Waals surface area contributed by atoms with E-state index in [-0.39, 0.29) is 6.10 Å². The number of nitrogens with zero attached hydrogens (tertiary/aromatic N) is 4. The Labute approximate surface area is 149 Å². The fourth-order valence-electron chi connectivity index (χ4n) is 3.57.